The molecule has 1 unspecified atom stereocenters. The average Bonchev–Trinajstić information content (AvgIpc) is 2.49. The van der Waals surface area contributed by atoms with Gasteiger partial charge in [0.25, 0.3) is 0 Å². The lowest BCUT2D eigenvalue weighted by Crippen LogP contribution is -2.27. The van der Waals surface area contributed by atoms with Crippen molar-refractivity contribution in [1.29, 1.82) is 0 Å². The first kappa shape index (κ1) is 11.2. The van der Waals surface area contributed by atoms with Gasteiger partial charge in [0.2, 0.25) is 0 Å². The molecule has 1 heterocycles. The Labute approximate surface area is 92.9 Å². The van der Waals surface area contributed by atoms with Crippen molar-refractivity contribution in [2.75, 3.05) is 7.05 Å². The summed E-state index contributed by atoms with van der Waals surface area (Å²) < 4.78 is 1.22. The smallest absolute Gasteiger partial charge is 0.0701 e. The van der Waals surface area contributed by atoms with E-state index in [4.69, 9.17) is 0 Å². The highest BCUT2D eigenvalue weighted by Crippen LogP contribution is 2.23. The van der Waals surface area contributed by atoms with Crippen molar-refractivity contribution in [3.63, 3.8) is 0 Å². The van der Waals surface area contributed by atoms with Gasteiger partial charge in [-0.05, 0) is 48.5 Å². The Morgan fingerprint density at radius 2 is 2.23 bits per heavy atom. The highest BCUT2D eigenvalue weighted by atomic mass is 79.9. The van der Waals surface area contributed by atoms with E-state index >= 15 is 0 Å². The second kappa shape index (κ2) is 5.13. The molecule has 0 saturated heterocycles. The second-order valence-electron chi connectivity index (χ2n) is 3.38. The van der Waals surface area contributed by atoms with Gasteiger partial charge in [0.15, 0.2) is 0 Å². The summed E-state index contributed by atoms with van der Waals surface area (Å²) in [5.41, 5.74) is 0. The summed E-state index contributed by atoms with van der Waals surface area (Å²) in [7, 11) is 2.18. The molecule has 0 aliphatic heterocycles. The maximum absolute atomic E-state index is 3.48. The van der Waals surface area contributed by atoms with Gasteiger partial charge in [0.1, 0.15) is 0 Å². The first-order valence-corrected chi connectivity index (χ1v) is 6.19. The largest absolute Gasteiger partial charge is 0.299 e. The highest BCUT2D eigenvalue weighted by Gasteiger charge is 2.08. The number of nitrogens with zero attached hydrogens (tertiary/aromatic N) is 1. The molecule has 0 saturated carbocycles. The SMILES string of the molecule is CCC(C)N(C)Cc1ccc(Br)s1. The zero-order valence-electron chi connectivity index (χ0n) is 8.38. The van der Waals surface area contributed by atoms with Crippen molar-refractivity contribution in [3.8, 4) is 0 Å². The molecule has 0 aromatic carbocycles. The summed E-state index contributed by atoms with van der Waals surface area (Å²) in [6, 6.07) is 4.97. The topological polar surface area (TPSA) is 3.24 Å². The first-order chi connectivity index (χ1) is 6.13. The van der Waals surface area contributed by atoms with Crippen molar-refractivity contribution in [1.82, 2.24) is 4.90 Å². The molecule has 0 aliphatic rings. The van der Waals surface area contributed by atoms with Crippen LogP contribution >= 0.6 is 27.3 Å². The van der Waals surface area contributed by atoms with Gasteiger partial charge in [0.05, 0.1) is 3.79 Å². The molecule has 1 atom stereocenters. The number of halogens is 1. The third kappa shape index (κ3) is 3.41. The Bertz CT molecular complexity index is 259. The molecule has 0 radical (unpaired) electrons. The summed E-state index contributed by atoms with van der Waals surface area (Å²) in [6.07, 6.45) is 1.21. The lowest BCUT2D eigenvalue weighted by Gasteiger charge is -2.22. The van der Waals surface area contributed by atoms with Crippen LogP contribution < -0.4 is 0 Å². The van der Waals surface area contributed by atoms with Gasteiger partial charge in [-0.3, -0.25) is 4.90 Å². The Balaban J connectivity index is 2.49. The van der Waals surface area contributed by atoms with E-state index in [1.54, 1.807) is 0 Å². The Morgan fingerprint density at radius 1 is 1.54 bits per heavy atom. The maximum Gasteiger partial charge on any atom is 0.0701 e. The molecule has 1 aromatic heterocycles. The molecular formula is C10H16BrNS. The molecular weight excluding hydrogens is 246 g/mol. The fourth-order valence-corrected chi connectivity index (χ4v) is 2.70. The third-order valence-electron chi connectivity index (χ3n) is 2.38. The van der Waals surface area contributed by atoms with E-state index in [2.05, 4.69) is 53.9 Å². The average molecular weight is 262 g/mol. The predicted octanol–water partition coefficient (Wildman–Crippen LogP) is 3.74. The summed E-state index contributed by atoms with van der Waals surface area (Å²) in [4.78, 5) is 3.81. The minimum Gasteiger partial charge on any atom is -0.299 e. The van der Waals surface area contributed by atoms with Crippen LogP contribution in [0.5, 0.6) is 0 Å². The van der Waals surface area contributed by atoms with Gasteiger partial charge in [0, 0.05) is 17.5 Å². The second-order valence-corrected chi connectivity index (χ2v) is 5.93. The molecule has 3 heteroatoms. The minimum atomic E-state index is 0.667. The Kier molecular flexibility index (Phi) is 4.42. The molecule has 1 aromatic rings. The van der Waals surface area contributed by atoms with Gasteiger partial charge in [-0.15, -0.1) is 11.3 Å². The summed E-state index contributed by atoms with van der Waals surface area (Å²) >= 11 is 5.30. The monoisotopic (exact) mass is 261 g/mol. The zero-order chi connectivity index (χ0) is 9.84. The zero-order valence-corrected chi connectivity index (χ0v) is 10.8. The van der Waals surface area contributed by atoms with Gasteiger partial charge >= 0.3 is 0 Å². The summed E-state index contributed by atoms with van der Waals surface area (Å²) in [6.45, 7) is 5.55. The first-order valence-electron chi connectivity index (χ1n) is 4.58. The van der Waals surface area contributed by atoms with Crippen LogP contribution in [0.15, 0.2) is 15.9 Å². The van der Waals surface area contributed by atoms with Crippen molar-refractivity contribution in [2.45, 2.75) is 32.9 Å². The van der Waals surface area contributed by atoms with E-state index in [0.717, 1.165) is 6.54 Å². The van der Waals surface area contributed by atoms with Crippen LogP contribution in [0, 0.1) is 0 Å². The van der Waals surface area contributed by atoms with Crippen molar-refractivity contribution >= 4 is 27.3 Å². The van der Waals surface area contributed by atoms with Crippen molar-refractivity contribution in [2.24, 2.45) is 0 Å². The van der Waals surface area contributed by atoms with Crippen LogP contribution in [0.2, 0.25) is 0 Å². The van der Waals surface area contributed by atoms with Crippen LogP contribution in [0.25, 0.3) is 0 Å². The van der Waals surface area contributed by atoms with Crippen LogP contribution in [-0.2, 0) is 6.54 Å². The van der Waals surface area contributed by atoms with Gasteiger partial charge < -0.3 is 0 Å². The van der Waals surface area contributed by atoms with Crippen LogP contribution in [0.1, 0.15) is 25.1 Å². The normalized spacial score (nSPS) is 13.6. The van der Waals surface area contributed by atoms with E-state index in [1.807, 2.05) is 11.3 Å². The summed E-state index contributed by atoms with van der Waals surface area (Å²) in [5, 5.41) is 0. The van der Waals surface area contributed by atoms with Crippen molar-refractivity contribution in [3.05, 3.63) is 20.8 Å². The number of hydrogen-bond acceptors (Lipinski definition) is 2. The minimum absolute atomic E-state index is 0.667. The molecule has 1 nitrogen and oxygen atoms in total. The fourth-order valence-electron chi connectivity index (χ4n) is 1.15. The molecule has 74 valence electrons. The number of hydrogen-bond donors (Lipinski definition) is 0. The Hall–Kier alpha value is 0.140. The van der Waals surface area contributed by atoms with Crippen LogP contribution in [0.4, 0.5) is 0 Å². The molecule has 0 bridgehead atoms. The number of thiophene rings is 1. The number of rotatable bonds is 4. The van der Waals surface area contributed by atoms with E-state index in [1.165, 1.54) is 15.1 Å². The Morgan fingerprint density at radius 3 is 2.69 bits per heavy atom. The van der Waals surface area contributed by atoms with Gasteiger partial charge in [-0.1, -0.05) is 6.92 Å². The van der Waals surface area contributed by atoms with Gasteiger partial charge in [-0.2, -0.15) is 0 Å². The summed E-state index contributed by atoms with van der Waals surface area (Å²) in [5.74, 6) is 0. The molecule has 0 N–H and O–H groups in total. The third-order valence-corrected chi connectivity index (χ3v) is 3.99. The maximum atomic E-state index is 3.48. The van der Waals surface area contributed by atoms with Crippen LogP contribution in [0.3, 0.4) is 0 Å². The molecule has 0 amide bonds. The van der Waals surface area contributed by atoms with Crippen molar-refractivity contribution < 1.29 is 0 Å². The van der Waals surface area contributed by atoms with E-state index in [0.29, 0.717) is 6.04 Å². The standard InChI is InChI=1S/C10H16BrNS/c1-4-8(2)12(3)7-9-5-6-10(11)13-9/h5-6,8H,4,7H2,1-3H3. The van der Waals surface area contributed by atoms with E-state index < -0.39 is 0 Å². The molecule has 0 spiro atoms. The van der Waals surface area contributed by atoms with Crippen LogP contribution in [-0.4, -0.2) is 18.0 Å². The quantitative estimate of drug-likeness (QED) is 0.799. The molecule has 0 fully saturated rings. The predicted molar refractivity (Wildman–Crippen MR) is 63.2 cm³/mol. The molecule has 0 aliphatic carbocycles. The highest BCUT2D eigenvalue weighted by molar-refractivity contribution is 9.11. The molecule has 13 heavy (non-hydrogen) atoms. The molecule has 1 rings (SSSR count). The lowest BCUT2D eigenvalue weighted by molar-refractivity contribution is 0.246. The fraction of sp³-hybridized carbons (Fsp3) is 0.600. The lowest BCUT2D eigenvalue weighted by atomic mass is 10.2. The van der Waals surface area contributed by atoms with E-state index in [-0.39, 0.29) is 0 Å². The van der Waals surface area contributed by atoms with E-state index in [9.17, 15) is 0 Å². The van der Waals surface area contributed by atoms with Gasteiger partial charge in [-0.25, -0.2) is 0 Å².